The zero-order valence-electron chi connectivity index (χ0n) is 16.0. The van der Waals surface area contributed by atoms with Crippen molar-refractivity contribution in [2.75, 3.05) is 20.6 Å². The maximum Gasteiger partial charge on any atom is 0.253 e. The van der Waals surface area contributed by atoms with Gasteiger partial charge in [0, 0.05) is 43.1 Å². The number of rotatable bonds is 6. The van der Waals surface area contributed by atoms with E-state index in [1.54, 1.807) is 19.0 Å². The van der Waals surface area contributed by atoms with Gasteiger partial charge in [-0.2, -0.15) is 0 Å². The van der Waals surface area contributed by atoms with E-state index in [0.29, 0.717) is 24.6 Å². The highest BCUT2D eigenvalue weighted by Gasteiger charge is 2.45. The first-order valence-corrected chi connectivity index (χ1v) is 10.0. The monoisotopic (exact) mass is 428 g/mol. The number of carbonyl (C=O) groups is 2. The molecule has 5 heteroatoms. The van der Waals surface area contributed by atoms with E-state index in [0.717, 1.165) is 16.5 Å². The van der Waals surface area contributed by atoms with Gasteiger partial charge in [0.05, 0.1) is 0 Å². The van der Waals surface area contributed by atoms with E-state index in [-0.39, 0.29) is 17.7 Å². The summed E-state index contributed by atoms with van der Waals surface area (Å²) in [6.45, 7) is 3.27. The van der Waals surface area contributed by atoms with E-state index in [4.69, 9.17) is 0 Å². The van der Waals surface area contributed by atoms with Gasteiger partial charge in [0.2, 0.25) is 5.91 Å². The predicted octanol–water partition coefficient (Wildman–Crippen LogP) is 4.30. The number of benzene rings is 2. The summed E-state index contributed by atoms with van der Waals surface area (Å²) in [5.41, 5.74) is 2.93. The maximum atomic E-state index is 12.9. The molecule has 2 aromatic carbocycles. The Balaban J connectivity index is 1.64. The van der Waals surface area contributed by atoms with Crippen LogP contribution < -0.4 is 0 Å². The molecule has 0 saturated heterocycles. The number of hydrogen-bond donors (Lipinski definition) is 0. The maximum absolute atomic E-state index is 12.9. The minimum Gasteiger partial charge on any atom is -0.345 e. The Labute approximate surface area is 169 Å². The standard InChI is InChI=1S/C22H25BrN2O2/c1-4-25(14-15-8-10-16(11-9-15)21(26)24(2)3)22(27)20-13-19(20)17-6-5-7-18(23)12-17/h5-12,19-20H,4,13-14H2,1-3H3. The minimum absolute atomic E-state index is 0.0141. The zero-order valence-corrected chi connectivity index (χ0v) is 17.6. The van der Waals surface area contributed by atoms with Gasteiger partial charge < -0.3 is 9.80 Å². The summed E-state index contributed by atoms with van der Waals surface area (Å²) >= 11 is 3.50. The third kappa shape index (κ3) is 4.59. The van der Waals surface area contributed by atoms with Crippen LogP contribution in [0.4, 0.5) is 0 Å². The van der Waals surface area contributed by atoms with Crippen molar-refractivity contribution in [3.05, 3.63) is 69.7 Å². The summed E-state index contributed by atoms with van der Waals surface area (Å²) in [7, 11) is 3.48. The van der Waals surface area contributed by atoms with Gasteiger partial charge in [-0.25, -0.2) is 0 Å². The third-order valence-electron chi connectivity index (χ3n) is 5.06. The van der Waals surface area contributed by atoms with Crippen molar-refractivity contribution < 1.29 is 9.59 Å². The van der Waals surface area contributed by atoms with Crippen LogP contribution in [-0.2, 0) is 11.3 Å². The fraction of sp³-hybridized carbons (Fsp3) is 0.364. The summed E-state index contributed by atoms with van der Waals surface area (Å²) in [5.74, 6) is 0.605. The SMILES string of the molecule is CCN(Cc1ccc(C(=O)N(C)C)cc1)C(=O)C1CC1c1cccc(Br)c1. The van der Waals surface area contributed by atoms with Crippen LogP contribution in [0.1, 0.15) is 40.7 Å². The molecule has 2 atom stereocenters. The number of carbonyl (C=O) groups excluding carboxylic acids is 2. The van der Waals surface area contributed by atoms with E-state index in [9.17, 15) is 9.59 Å². The van der Waals surface area contributed by atoms with Gasteiger partial charge in [-0.15, -0.1) is 0 Å². The first kappa shape index (κ1) is 19.6. The Hall–Kier alpha value is -2.14. The van der Waals surface area contributed by atoms with Crippen LogP contribution >= 0.6 is 15.9 Å². The molecule has 1 aliphatic rings. The van der Waals surface area contributed by atoms with Gasteiger partial charge in [-0.3, -0.25) is 9.59 Å². The highest BCUT2D eigenvalue weighted by molar-refractivity contribution is 9.10. The van der Waals surface area contributed by atoms with Gasteiger partial charge in [-0.05, 0) is 54.7 Å². The summed E-state index contributed by atoms with van der Waals surface area (Å²) in [4.78, 5) is 28.4. The average molecular weight is 429 g/mol. The molecule has 4 nitrogen and oxygen atoms in total. The van der Waals surface area contributed by atoms with Crippen molar-refractivity contribution in [1.29, 1.82) is 0 Å². The lowest BCUT2D eigenvalue weighted by Gasteiger charge is -2.21. The van der Waals surface area contributed by atoms with Crippen LogP contribution in [0.2, 0.25) is 0 Å². The molecule has 0 aliphatic heterocycles. The molecular weight excluding hydrogens is 404 g/mol. The normalized spacial score (nSPS) is 18.1. The van der Waals surface area contributed by atoms with Gasteiger partial charge in [0.1, 0.15) is 0 Å². The van der Waals surface area contributed by atoms with E-state index < -0.39 is 0 Å². The Morgan fingerprint density at radius 3 is 2.41 bits per heavy atom. The molecule has 2 unspecified atom stereocenters. The molecule has 0 N–H and O–H groups in total. The smallest absolute Gasteiger partial charge is 0.253 e. The van der Waals surface area contributed by atoms with Crippen LogP contribution in [-0.4, -0.2) is 42.3 Å². The fourth-order valence-electron chi connectivity index (χ4n) is 3.38. The summed E-state index contributed by atoms with van der Waals surface area (Å²) in [6, 6.07) is 15.8. The third-order valence-corrected chi connectivity index (χ3v) is 5.55. The molecule has 1 saturated carbocycles. The molecule has 27 heavy (non-hydrogen) atoms. The molecule has 142 valence electrons. The van der Waals surface area contributed by atoms with Gasteiger partial charge >= 0.3 is 0 Å². The number of amides is 2. The minimum atomic E-state index is -0.0141. The Kier molecular flexibility index (Phi) is 6.00. The predicted molar refractivity (Wildman–Crippen MR) is 111 cm³/mol. The molecule has 0 aromatic heterocycles. The molecule has 2 amide bonds. The molecule has 2 aromatic rings. The molecule has 0 bridgehead atoms. The van der Waals surface area contributed by atoms with E-state index in [2.05, 4.69) is 28.1 Å². The molecule has 0 radical (unpaired) electrons. The van der Waals surface area contributed by atoms with E-state index in [1.807, 2.05) is 48.2 Å². The van der Waals surface area contributed by atoms with Crippen LogP contribution in [0.3, 0.4) is 0 Å². The summed E-state index contributed by atoms with van der Waals surface area (Å²) < 4.78 is 1.05. The van der Waals surface area contributed by atoms with Gasteiger partial charge in [0.15, 0.2) is 0 Å². The first-order chi connectivity index (χ1) is 12.9. The molecular formula is C22H25BrN2O2. The quantitative estimate of drug-likeness (QED) is 0.687. The largest absolute Gasteiger partial charge is 0.345 e. The van der Waals surface area contributed by atoms with E-state index in [1.165, 1.54) is 5.56 Å². The van der Waals surface area contributed by atoms with Crippen LogP contribution in [0.25, 0.3) is 0 Å². The van der Waals surface area contributed by atoms with E-state index >= 15 is 0 Å². The molecule has 1 fully saturated rings. The van der Waals surface area contributed by atoms with Gasteiger partial charge in [-0.1, -0.05) is 40.2 Å². The van der Waals surface area contributed by atoms with Crippen molar-refractivity contribution in [2.24, 2.45) is 5.92 Å². The molecule has 3 rings (SSSR count). The molecule has 1 aliphatic carbocycles. The summed E-state index contributed by atoms with van der Waals surface area (Å²) in [6.07, 6.45) is 0.919. The zero-order chi connectivity index (χ0) is 19.6. The second-order valence-electron chi connectivity index (χ2n) is 7.25. The van der Waals surface area contributed by atoms with Gasteiger partial charge in [0.25, 0.3) is 5.91 Å². The molecule has 0 spiro atoms. The highest BCUT2D eigenvalue weighted by atomic mass is 79.9. The fourth-order valence-corrected chi connectivity index (χ4v) is 3.80. The lowest BCUT2D eigenvalue weighted by atomic mass is 10.1. The van der Waals surface area contributed by atoms with Crippen molar-refractivity contribution in [1.82, 2.24) is 9.80 Å². The van der Waals surface area contributed by atoms with Crippen molar-refractivity contribution in [3.8, 4) is 0 Å². The van der Waals surface area contributed by atoms with Crippen LogP contribution in [0, 0.1) is 5.92 Å². The lowest BCUT2D eigenvalue weighted by molar-refractivity contribution is -0.133. The number of halogens is 1. The number of hydrogen-bond acceptors (Lipinski definition) is 2. The first-order valence-electron chi connectivity index (χ1n) is 9.25. The Morgan fingerprint density at radius 2 is 1.81 bits per heavy atom. The second-order valence-corrected chi connectivity index (χ2v) is 8.17. The average Bonchev–Trinajstić information content (AvgIpc) is 3.46. The molecule has 0 heterocycles. The summed E-state index contributed by atoms with van der Waals surface area (Å²) in [5, 5.41) is 0. The number of nitrogens with zero attached hydrogens (tertiary/aromatic N) is 2. The highest BCUT2D eigenvalue weighted by Crippen LogP contribution is 2.49. The van der Waals surface area contributed by atoms with Crippen molar-refractivity contribution >= 4 is 27.7 Å². The topological polar surface area (TPSA) is 40.6 Å². The lowest BCUT2D eigenvalue weighted by Crippen LogP contribution is -2.32. The van der Waals surface area contributed by atoms with Crippen molar-refractivity contribution in [3.63, 3.8) is 0 Å². The van der Waals surface area contributed by atoms with Crippen molar-refractivity contribution in [2.45, 2.75) is 25.8 Å². The second kappa shape index (κ2) is 8.26. The Bertz CT molecular complexity index is 832. The van der Waals surface area contributed by atoms with Crippen LogP contribution in [0.5, 0.6) is 0 Å². The Morgan fingerprint density at radius 1 is 1.11 bits per heavy atom. The van der Waals surface area contributed by atoms with Crippen LogP contribution in [0.15, 0.2) is 53.0 Å².